The highest BCUT2D eigenvalue weighted by atomic mass is 16.1. The van der Waals surface area contributed by atoms with Crippen molar-refractivity contribution in [3.05, 3.63) is 22.4 Å². The van der Waals surface area contributed by atoms with Crippen molar-refractivity contribution < 1.29 is 4.79 Å². The van der Waals surface area contributed by atoms with Crippen LogP contribution in [0.15, 0.2) is 22.4 Å². The third kappa shape index (κ3) is 2.42. The lowest BCUT2D eigenvalue weighted by molar-refractivity contribution is -0.114. The Morgan fingerprint density at radius 2 is 1.42 bits per heavy atom. The number of rotatable bonds is 2. The monoisotopic (exact) mass is 168 g/mol. The first-order valence-corrected chi connectivity index (χ1v) is 3.78. The van der Waals surface area contributed by atoms with E-state index in [1.54, 1.807) is 13.8 Å². The van der Waals surface area contributed by atoms with Gasteiger partial charge in [0.1, 0.15) is 0 Å². The van der Waals surface area contributed by atoms with Gasteiger partial charge in [0.05, 0.1) is 0 Å². The predicted molar refractivity (Wildman–Crippen MR) is 50.1 cm³/mol. The lowest BCUT2D eigenvalue weighted by Gasteiger charge is -2.07. The lowest BCUT2D eigenvalue weighted by atomic mass is 10.0. The maximum absolute atomic E-state index is 11.0. The van der Waals surface area contributed by atoms with Crippen LogP contribution in [0.2, 0.25) is 0 Å². The number of nitrogens with two attached hydrogens (primary N) is 2. The van der Waals surface area contributed by atoms with Crippen molar-refractivity contribution in [2.24, 2.45) is 11.5 Å². The second kappa shape index (κ2) is 3.95. The van der Waals surface area contributed by atoms with Crippen LogP contribution in [0.4, 0.5) is 0 Å². The summed E-state index contributed by atoms with van der Waals surface area (Å²) in [5.74, 6) is -0.419. The first-order valence-electron chi connectivity index (χ1n) is 3.78. The van der Waals surface area contributed by atoms with Crippen LogP contribution >= 0.6 is 0 Å². The fourth-order valence-corrected chi connectivity index (χ4v) is 1.00. The van der Waals surface area contributed by atoms with Crippen LogP contribution in [0, 0.1) is 0 Å². The van der Waals surface area contributed by atoms with Crippen molar-refractivity contribution >= 4 is 5.91 Å². The van der Waals surface area contributed by atoms with E-state index >= 15 is 0 Å². The molecule has 0 unspecified atom stereocenters. The van der Waals surface area contributed by atoms with Crippen molar-refractivity contribution in [3.63, 3.8) is 0 Å². The molecule has 0 aromatic heterocycles. The van der Waals surface area contributed by atoms with Crippen molar-refractivity contribution in [2.45, 2.75) is 27.7 Å². The Hall–Kier alpha value is -1.25. The lowest BCUT2D eigenvalue weighted by Crippen LogP contribution is -2.17. The molecule has 1 amide bonds. The first-order chi connectivity index (χ1) is 5.37. The molecule has 0 aliphatic carbocycles. The van der Waals surface area contributed by atoms with Crippen molar-refractivity contribution in [1.82, 2.24) is 0 Å². The second-order valence-corrected chi connectivity index (χ2v) is 3.05. The van der Waals surface area contributed by atoms with Gasteiger partial charge in [-0.2, -0.15) is 0 Å². The molecule has 0 rings (SSSR count). The van der Waals surface area contributed by atoms with E-state index in [9.17, 15) is 4.79 Å². The SMILES string of the molecule is CC(C)=C(C(N)=O)/C(C)=C(/C)N. The Kier molecular flexibility index (Phi) is 3.54. The summed E-state index contributed by atoms with van der Waals surface area (Å²) in [6.07, 6.45) is 0. The maximum atomic E-state index is 11.0. The average molecular weight is 168 g/mol. The molecule has 0 saturated carbocycles. The van der Waals surface area contributed by atoms with Crippen LogP contribution in [0.3, 0.4) is 0 Å². The number of primary amides is 1. The Balaban J connectivity index is 5.21. The standard InChI is InChI=1S/C9H16N2O/c1-5(2)8(9(11)12)6(3)7(4)10/h10H2,1-4H3,(H2,11,12)/b7-6-. The highest BCUT2D eigenvalue weighted by Gasteiger charge is 2.10. The molecule has 0 aliphatic rings. The zero-order valence-corrected chi connectivity index (χ0v) is 8.06. The van der Waals surface area contributed by atoms with Gasteiger partial charge in [-0.05, 0) is 33.3 Å². The number of carbonyl (C=O) groups excluding carboxylic acids is 1. The van der Waals surface area contributed by atoms with Gasteiger partial charge in [-0.3, -0.25) is 4.79 Å². The van der Waals surface area contributed by atoms with Gasteiger partial charge in [-0.1, -0.05) is 5.57 Å². The van der Waals surface area contributed by atoms with E-state index in [1.807, 2.05) is 13.8 Å². The molecule has 0 aliphatic heterocycles. The van der Waals surface area contributed by atoms with Crippen LogP contribution in [-0.4, -0.2) is 5.91 Å². The van der Waals surface area contributed by atoms with E-state index in [0.717, 1.165) is 11.1 Å². The topological polar surface area (TPSA) is 69.1 Å². The summed E-state index contributed by atoms with van der Waals surface area (Å²) in [6, 6.07) is 0. The molecular weight excluding hydrogens is 152 g/mol. The van der Waals surface area contributed by atoms with Crippen LogP contribution < -0.4 is 11.5 Å². The Bertz CT molecular complexity index is 254. The van der Waals surface area contributed by atoms with Gasteiger partial charge in [0.2, 0.25) is 5.91 Å². The predicted octanol–water partition coefficient (Wildman–Crippen LogP) is 1.06. The second-order valence-electron chi connectivity index (χ2n) is 3.05. The highest BCUT2D eigenvalue weighted by molar-refractivity contribution is 5.97. The summed E-state index contributed by atoms with van der Waals surface area (Å²) in [5, 5.41) is 0. The fraction of sp³-hybridized carbons (Fsp3) is 0.444. The molecule has 4 N–H and O–H groups in total. The summed E-state index contributed by atoms with van der Waals surface area (Å²) < 4.78 is 0. The van der Waals surface area contributed by atoms with E-state index < -0.39 is 5.91 Å². The summed E-state index contributed by atoms with van der Waals surface area (Å²) in [5.41, 5.74) is 13.6. The van der Waals surface area contributed by atoms with E-state index in [0.29, 0.717) is 11.3 Å². The molecule has 0 radical (unpaired) electrons. The van der Waals surface area contributed by atoms with Crippen LogP contribution in [0.25, 0.3) is 0 Å². The van der Waals surface area contributed by atoms with E-state index in [2.05, 4.69) is 0 Å². The zero-order chi connectivity index (χ0) is 9.89. The van der Waals surface area contributed by atoms with Gasteiger partial charge in [-0.15, -0.1) is 0 Å². The summed E-state index contributed by atoms with van der Waals surface area (Å²) in [7, 11) is 0. The molecule has 0 aromatic rings. The molecule has 3 nitrogen and oxygen atoms in total. The number of amides is 1. The molecule has 0 bridgehead atoms. The third-order valence-electron chi connectivity index (χ3n) is 1.71. The molecule has 0 saturated heterocycles. The van der Waals surface area contributed by atoms with Crippen molar-refractivity contribution in [1.29, 1.82) is 0 Å². The van der Waals surface area contributed by atoms with Crippen LogP contribution in [0.1, 0.15) is 27.7 Å². The largest absolute Gasteiger partial charge is 0.402 e. The third-order valence-corrected chi connectivity index (χ3v) is 1.71. The van der Waals surface area contributed by atoms with Gasteiger partial charge in [0.25, 0.3) is 0 Å². The maximum Gasteiger partial charge on any atom is 0.248 e. The first kappa shape index (κ1) is 10.8. The number of hydrogen-bond donors (Lipinski definition) is 2. The number of allylic oxidation sites excluding steroid dienone is 2. The molecule has 0 spiro atoms. The van der Waals surface area contributed by atoms with Crippen LogP contribution in [0.5, 0.6) is 0 Å². The molecule has 3 heteroatoms. The van der Waals surface area contributed by atoms with E-state index in [1.165, 1.54) is 0 Å². The minimum Gasteiger partial charge on any atom is -0.402 e. The highest BCUT2D eigenvalue weighted by Crippen LogP contribution is 2.15. The molecule has 0 fully saturated rings. The zero-order valence-electron chi connectivity index (χ0n) is 8.06. The summed E-state index contributed by atoms with van der Waals surface area (Å²) in [4.78, 5) is 11.0. The molecule has 0 atom stereocenters. The minimum absolute atomic E-state index is 0.419. The van der Waals surface area contributed by atoms with Crippen LogP contribution in [-0.2, 0) is 4.79 Å². The smallest absolute Gasteiger partial charge is 0.248 e. The van der Waals surface area contributed by atoms with Gasteiger partial charge in [0, 0.05) is 11.3 Å². The average Bonchev–Trinajstić information content (AvgIpc) is 1.85. The quantitative estimate of drug-likeness (QED) is 0.478. The Morgan fingerprint density at radius 3 is 1.50 bits per heavy atom. The molecule has 0 heterocycles. The normalized spacial score (nSPS) is 12.0. The Morgan fingerprint density at radius 1 is 1.00 bits per heavy atom. The van der Waals surface area contributed by atoms with Crippen molar-refractivity contribution in [3.8, 4) is 0 Å². The van der Waals surface area contributed by atoms with E-state index in [-0.39, 0.29) is 0 Å². The fourth-order valence-electron chi connectivity index (χ4n) is 1.00. The number of hydrogen-bond acceptors (Lipinski definition) is 2. The molecule has 68 valence electrons. The molecule has 12 heavy (non-hydrogen) atoms. The Labute approximate surface area is 73.1 Å². The van der Waals surface area contributed by atoms with E-state index in [4.69, 9.17) is 11.5 Å². The van der Waals surface area contributed by atoms with Gasteiger partial charge >= 0.3 is 0 Å². The van der Waals surface area contributed by atoms with Gasteiger partial charge in [0.15, 0.2) is 0 Å². The van der Waals surface area contributed by atoms with Gasteiger partial charge < -0.3 is 11.5 Å². The van der Waals surface area contributed by atoms with Crippen molar-refractivity contribution in [2.75, 3.05) is 0 Å². The minimum atomic E-state index is -0.419. The van der Waals surface area contributed by atoms with Gasteiger partial charge in [-0.25, -0.2) is 0 Å². The molecule has 0 aromatic carbocycles. The summed E-state index contributed by atoms with van der Waals surface area (Å²) >= 11 is 0. The molecular formula is C9H16N2O. The summed E-state index contributed by atoms with van der Waals surface area (Å²) in [6.45, 7) is 7.22. The number of carbonyl (C=O) groups is 1.